The quantitative estimate of drug-likeness (QED) is 0.875. The van der Waals surface area contributed by atoms with Crippen molar-refractivity contribution in [2.75, 3.05) is 12.4 Å². The first-order valence-electron chi connectivity index (χ1n) is 7.50. The van der Waals surface area contributed by atoms with Crippen molar-refractivity contribution in [3.05, 3.63) is 18.2 Å². The van der Waals surface area contributed by atoms with Gasteiger partial charge in [-0.3, -0.25) is 0 Å². The molecule has 20 heavy (non-hydrogen) atoms. The molecule has 3 unspecified atom stereocenters. The molecule has 2 aliphatic carbocycles. The van der Waals surface area contributed by atoms with Crippen LogP contribution in [0.4, 0.5) is 5.69 Å². The van der Waals surface area contributed by atoms with Crippen LogP contribution in [0.3, 0.4) is 0 Å². The highest BCUT2D eigenvalue weighted by molar-refractivity contribution is 5.55. The molecule has 1 aromatic carbocycles. The highest BCUT2D eigenvalue weighted by atomic mass is 16.5. The summed E-state index contributed by atoms with van der Waals surface area (Å²) in [6.45, 7) is 7.16. The van der Waals surface area contributed by atoms with Crippen molar-refractivity contribution in [3.63, 3.8) is 0 Å². The van der Waals surface area contributed by atoms with Crippen LogP contribution in [-0.4, -0.2) is 18.3 Å². The van der Waals surface area contributed by atoms with Gasteiger partial charge in [0.25, 0.3) is 0 Å². The number of hydrogen-bond acceptors (Lipinski definition) is 3. The monoisotopic (exact) mass is 275 g/mol. The summed E-state index contributed by atoms with van der Waals surface area (Å²) in [4.78, 5) is 0. The van der Waals surface area contributed by atoms with E-state index < -0.39 is 0 Å². The molecule has 110 valence electrons. The van der Waals surface area contributed by atoms with E-state index in [0.717, 1.165) is 11.6 Å². The lowest BCUT2D eigenvalue weighted by Crippen LogP contribution is -2.45. The van der Waals surface area contributed by atoms with Crippen molar-refractivity contribution >= 4 is 5.69 Å². The lowest BCUT2D eigenvalue weighted by atomic mass is 9.68. The molecule has 0 aliphatic heterocycles. The average Bonchev–Trinajstić information content (AvgIpc) is 2.86. The van der Waals surface area contributed by atoms with E-state index in [1.165, 1.54) is 19.3 Å². The minimum absolute atomic E-state index is 0.198. The highest BCUT2D eigenvalue weighted by Gasteiger charge is 2.59. The van der Waals surface area contributed by atoms with Gasteiger partial charge in [-0.25, -0.2) is 0 Å². The Bertz CT molecular complexity index is 521. The van der Waals surface area contributed by atoms with Crippen LogP contribution in [0, 0.1) is 16.7 Å². The van der Waals surface area contributed by atoms with E-state index >= 15 is 0 Å². The Balaban J connectivity index is 1.86. The molecule has 2 aliphatic rings. The van der Waals surface area contributed by atoms with Crippen LogP contribution in [0.25, 0.3) is 0 Å². The predicted molar refractivity (Wildman–Crippen MR) is 81.3 cm³/mol. The van der Waals surface area contributed by atoms with Gasteiger partial charge in [0, 0.05) is 17.8 Å². The molecule has 2 bridgehead atoms. The van der Waals surface area contributed by atoms with E-state index in [0.29, 0.717) is 22.6 Å². The zero-order chi connectivity index (χ0) is 14.5. The summed E-state index contributed by atoms with van der Waals surface area (Å²) in [5, 5.41) is 13.6. The fourth-order valence-electron chi connectivity index (χ4n) is 4.61. The zero-order valence-electron chi connectivity index (χ0n) is 12.9. The van der Waals surface area contributed by atoms with E-state index in [1.54, 1.807) is 13.2 Å². The fourth-order valence-corrected chi connectivity index (χ4v) is 4.61. The van der Waals surface area contributed by atoms with Gasteiger partial charge in [0.15, 0.2) is 11.5 Å². The summed E-state index contributed by atoms with van der Waals surface area (Å²) in [7, 11) is 1.57. The first-order valence-corrected chi connectivity index (χ1v) is 7.50. The smallest absolute Gasteiger partial charge is 0.160 e. The first kappa shape index (κ1) is 13.6. The predicted octanol–water partition coefficient (Wildman–Crippen LogP) is 4.03. The number of nitrogens with one attached hydrogen (secondary N) is 1. The van der Waals surface area contributed by atoms with E-state index in [2.05, 4.69) is 26.1 Å². The number of anilines is 1. The number of methoxy groups -OCH3 is 1. The van der Waals surface area contributed by atoms with Gasteiger partial charge in [-0.1, -0.05) is 20.8 Å². The van der Waals surface area contributed by atoms with Crippen LogP contribution in [0.15, 0.2) is 18.2 Å². The Morgan fingerprint density at radius 2 is 2.05 bits per heavy atom. The molecule has 0 aromatic heterocycles. The van der Waals surface area contributed by atoms with Crippen molar-refractivity contribution in [2.45, 2.75) is 46.1 Å². The first-order chi connectivity index (χ1) is 9.37. The molecule has 2 fully saturated rings. The Kier molecular flexibility index (Phi) is 2.93. The van der Waals surface area contributed by atoms with Crippen molar-refractivity contribution in [2.24, 2.45) is 16.7 Å². The van der Waals surface area contributed by atoms with Crippen LogP contribution < -0.4 is 10.1 Å². The molecule has 3 rings (SSSR count). The van der Waals surface area contributed by atoms with Gasteiger partial charge in [-0.15, -0.1) is 0 Å². The Morgan fingerprint density at radius 3 is 2.60 bits per heavy atom. The number of aromatic hydroxyl groups is 1. The van der Waals surface area contributed by atoms with Gasteiger partial charge >= 0.3 is 0 Å². The molecule has 0 amide bonds. The molecule has 0 heterocycles. The lowest BCUT2D eigenvalue weighted by Gasteiger charge is -2.43. The molecule has 2 saturated carbocycles. The largest absolute Gasteiger partial charge is 0.504 e. The number of fused-ring (bicyclic) bond motifs is 2. The van der Waals surface area contributed by atoms with Crippen LogP contribution in [-0.2, 0) is 0 Å². The van der Waals surface area contributed by atoms with Crippen molar-refractivity contribution in [1.82, 2.24) is 0 Å². The molecular weight excluding hydrogens is 250 g/mol. The molecule has 3 nitrogen and oxygen atoms in total. The minimum atomic E-state index is 0.198. The van der Waals surface area contributed by atoms with Gasteiger partial charge in [0.05, 0.1) is 7.11 Å². The summed E-state index contributed by atoms with van der Waals surface area (Å²) in [6, 6.07) is 6.04. The Labute approximate surface area is 121 Å². The normalized spacial score (nSPS) is 34.2. The Morgan fingerprint density at radius 1 is 1.30 bits per heavy atom. The minimum Gasteiger partial charge on any atom is -0.504 e. The van der Waals surface area contributed by atoms with E-state index in [1.807, 2.05) is 12.1 Å². The van der Waals surface area contributed by atoms with Gasteiger partial charge in [-0.05, 0) is 48.1 Å². The number of hydrogen-bond donors (Lipinski definition) is 2. The molecule has 0 spiro atoms. The summed E-state index contributed by atoms with van der Waals surface area (Å²) < 4.78 is 5.10. The summed E-state index contributed by atoms with van der Waals surface area (Å²) in [5.74, 6) is 1.54. The molecule has 1 aromatic rings. The fraction of sp³-hybridized carbons (Fsp3) is 0.647. The second-order valence-electron chi connectivity index (χ2n) is 7.38. The van der Waals surface area contributed by atoms with Crippen molar-refractivity contribution < 1.29 is 9.84 Å². The number of rotatable bonds is 3. The zero-order valence-corrected chi connectivity index (χ0v) is 12.9. The second-order valence-corrected chi connectivity index (χ2v) is 7.38. The summed E-state index contributed by atoms with van der Waals surface area (Å²) >= 11 is 0. The van der Waals surface area contributed by atoms with Crippen LogP contribution >= 0.6 is 0 Å². The number of ether oxygens (including phenoxy) is 1. The Hall–Kier alpha value is -1.38. The van der Waals surface area contributed by atoms with Gasteiger partial charge in [0.2, 0.25) is 0 Å². The summed E-state index contributed by atoms with van der Waals surface area (Å²) in [5.41, 5.74) is 1.67. The molecular formula is C17H25NO2. The van der Waals surface area contributed by atoms with Crippen molar-refractivity contribution in [3.8, 4) is 11.5 Å². The number of benzene rings is 1. The third kappa shape index (κ3) is 1.87. The topological polar surface area (TPSA) is 41.5 Å². The lowest BCUT2D eigenvalue weighted by molar-refractivity contribution is 0.155. The van der Waals surface area contributed by atoms with Crippen molar-refractivity contribution in [1.29, 1.82) is 0 Å². The van der Waals surface area contributed by atoms with E-state index in [9.17, 15) is 5.11 Å². The summed E-state index contributed by atoms with van der Waals surface area (Å²) in [6.07, 6.45) is 3.98. The molecule has 2 N–H and O–H groups in total. The van der Waals surface area contributed by atoms with E-state index in [-0.39, 0.29) is 5.75 Å². The standard InChI is InChI=1S/C17H25NO2/c1-16(2)11-7-8-17(3,10-11)15(16)18-12-5-6-14(20-4)13(19)9-12/h5-6,9,11,15,18-19H,7-8,10H2,1-4H3. The van der Waals surface area contributed by atoms with Gasteiger partial charge < -0.3 is 15.2 Å². The third-order valence-electron chi connectivity index (χ3n) is 5.76. The highest BCUT2D eigenvalue weighted by Crippen LogP contribution is 2.63. The van der Waals surface area contributed by atoms with Gasteiger partial charge in [0.1, 0.15) is 0 Å². The average molecular weight is 275 g/mol. The molecule has 0 radical (unpaired) electrons. The molecule has 3 atom stereocenters. The maximum Gasteiger partial charge on any atom is 0.160 e. The second kappa shape index (κ2) is 4.31. The van der Waals surface area contributed by atoms with Crippen LogP contribution in [0.2, 0.25) is 0 Å². The maximum absolute atomic E-state index is 9.93. The SMILES string of the molecule is COc1ccc(NC2C3(C)CCC(C3)C2(C)C)cc1O. The van der Waals surface area contributed by atoms with Crippen LogP contribution in [0.5, 0.6) is 11.5 Å². The van der Waals surface area contributed by atoms with Crippen LogP contribution in [0.1, 0.15) is 40.0 Å². The maximum atomic E-state index is 9.93. The molecule has 0 saturated heterocycles. The number of phenolic OH excluding ortho intramolecular Hbond substituents is 1. The van der Waals surface area contributed by atoms with E-state index in [4.69, 9.17) is 4.74 Å². The third-order valence-corrected chi connectivity index (χ3v) is 5.76. The van der Waals surface area contributed by atoms with Gasteiger partial charge in [-0.2, -0.15) is 0 Å². The number of phenols is 1. The molecule has 3 heteroatoms.